The number of hydrogen-bond acceptors (Lipinski definition) is 3. The van der Waals surface area contributed by atoms with Crippen LogP contribution in [0.1, 0.15) is 10.6 Å². The van der Waals surface area contributed by atoms with Gasteiger partial charge in [-0.3, -0.25) is 4.79 Å². The van der Waals surface area contributed by atoms with Gasteiger partial charge in [-0.2, -0.15) is 0 Å². The number of carbonyl (C=O) groups excluding carboxylic acids is 1. The van der Waals surface area contributed by atoms with Crippen molar-refractivity contribution in [2.75, 3.05) is 5.32 Å². The van der Waals surface area contributed by atoms with Gasteiger partial charge in [0.2, 0.25) is 5.78 Å². The maximum Gasteiger partial charge on any atom is 0.222 e. The number of carbonyl (C=O) groups is 1. The van der Waals surface area contributed by atoms with E-state index in [1.807, 2.05) is 24.3 Å². The Morgan fingerprint density at radius 2 is 2.18 bits per heavy atom. The van der Waals surface area contributed by atoms with Crippen molar-refractivity contribution in [2.24, 2.45) is 0 Å². The van der Waals surface area contributed by atoms with Gasteiger partial charge in [0, 0.05) is 22.4 Å². The summed E-state index contributed by atoms with van der Waals surface area (Å²) in [6.45, 7) is 0. The zero-order valence-corrected chi connectivity index (χ0v) is 10.5. The third-order valence-electron chi connectivity index (χ3n) is 2.07. The summed E-state index contributed by atoms with van der Waals surface area (Å²) in [5.74, 6) is 0.162. The Balaban J connectivity index is 1.96. The number of rotatable bonds is 4. The first-order valence-electron chi connectivity index (χ1n) is 5.02. The fraction of sp³-hybridized carbons (Fsp3) is 0. The Kier molecular flexibility index (Phi) is 3.77. The number of hydrogen-bond donors (Lipinski definition) is 1. The van der Waals surface area contributed by atoms with Crippen molar-refractivity contribution in [3.05, 3.63) is 65.2 Å². The molecule has 86 valence electrons. The lowest BCUT2D eigenvalue weighted by molar-refractivity contribution is 0.102. The van der Waals surface area contributed by atoms with Gasteiger partial charge in [-0.1, -0.05) is 22.0 Å². The summed E-state index contributed by atoms with van der Waals surface area (Å²) in [4.78, 5) is 11.5. The van der Waals surface area contributed by atoms with Crippen LogP contribution >= 0.6 is 15.9 Å². The van der Waals surface area contributed by atoms with E-state index in [0.29, 0.717) is 5.76 Å². The summed E-state index contributed by atoms with van der Waals surface area (Å²) in [5, 5.41) is 3.01. The minimum atomic E-state index is -0.169. The second-order valence-corrected chi connectivity index (χ2v) is 4.25. The van der Waals surface area contributed by atoms with E-state index >= 15 is 0 Å². The van der Waals surface area contributed by atoms with Crippen molar-refractivity contribution in [3.8, 4) is 0 Å². The van der Waals surface area contributed by atoms with Crippen LogP contribution in [0.25, 0.3) is 0 Å². The molecule has 0 bridgehead atoms. The quantitative estimate of drug-likeness (QED) is 0.687. The van der Waals surface area contributed by atoms with Gasteiger partial charge in [-0.15, -0.1) is 0 Å². The van der Waals surface area contributed by atoms with E-state index in [-0.39, 0.29) is 5.78 Å². The molecule has 1 N–H and O–H groups in total. The molecule has 0 spiro atoms. The van der Waals surface area contributed by atoms with Gasteiger partial charge >= 0.3 is 0 Å². The summed E-state index contributed by atoms with van der Waals surface area (Å²) in [5.41, 5.74) is 0.905. The molecule has 2 aromatic rings. The van der Waals surface area contributed by atoms with E-state index in [1.165, 1.54) is 12.3 Å². The topological polar surface area (TPSA) is 42.2 Å². The fourth-order valence-electron chi connectivity index (χ4n) is 1.29. The highest BCUT2D eigenvalue weighted by Gasteiger charge is 2.02. The molecule has 2 rings (SSSR count). The molecule has 0 saturated heterocycles. The number of ketones is 1. The number of nitrogens with one attached hydrogen (secondary N) is 1. The van der Waals surface area contributed by atoms with Gasteiger partial charge in [0.15, 0.2) is 5.76 Å². The number of furan rings is 1. The highest BCUT2D eigenvalue weighted by molar-refractivity contribution is 9.10. The second kappa shape index (κ2) is 5.50. The average Bonchev–Trinajstić information content (AvgIpc) is 2.82. The standard InChI is InChI=1S/C13H10BrNO2/c14-10-3-1-4-11(9-10)15-7-6-12(16)13-5-2-8-17-13/h1-9,15H. The van der Waals surface area contributed by atoms with E-state index in [2.05, 4.69) is 21.2 Å². The van der Waals surface area contributed by atoms with Crippen molar-refractivity contribution >= 4 is 27.4 Å². The Morgan fingerprint density at radius 1 is 1.29 bits per heavy atom. The lowest BCUT2D eigenvalue weighted by Crippen LogP contribution is -1.94. The maximum absolute atomic E-state index is 11.5. The number of benzene rings is 1. The fourth-order valence-corrected chi connectivity index (χ4v) is 1.69. The predicted octanol–water partition coefficient (Wildman–Crippen LogP) is 3.85. The van der Waals surface area contributed by atoms with Crippen LogP contribution in [0.3, 0.4) is 0 Å². The molecule has 0 fully saturated rings. The molecule has 0 saturated carbocycles. The molecule has 0 aliphatic carbocycles. The van der Waals surface area contributed by atoms with Crippen LogP contribution in [0.15, 0.2) is 63.8 Å². The molecule has 0 radical (unpaired) electrons. The molecule has 0 atom stereocenters. The molecule has 1 aromatic heterocycles. The summed E-state index contributed by atoms with van der Waals surface area (Å²) >= 11 is 3.37. The molecular formula is C13H10BrNO2. The van der Waals surface area contributed by atoms with Gasteiger partial charge in [0.25, 0.3) is 0 Å². The number of allylic oxidation sites excluding steroid dienone is 1. The van der Waals surface area contributed by atoms with Gasteiger partial charge in [-0.25, -0.2) is 0 Å². The monoisotopic (exact) mass is 291 g/mol. The first-order valence-corrected chi connectivity index (χ1v) is 5.81. The molecule has 3 nitrogen and oxygen atoms in total. The Bertz CT molecular complexity index is 532. The maximum atomic E-state index is 11.5. The van der Waals surface area contributed by atoms with Crippen LogP contribution in [-0.4, -0.2) is 5.78 Å². The zero-order valence-electron chi connectivity index (χ0n) is 8.89. The lowest BCUT2D eigenvalue weighted by Gasteiger charge is -1.99. The van der Waals surface area contributed by atoms with Crippen molar-refractivity contribution in [3.63, 3.8) is 0 Å². The Morgan fingerprint density at radius 3 is 2.88 bits per heavy atom. The minimum Gasteiger partial charge on any atom is -0.461 e. The first kappa shape index (κ1) is 11.7. The molecular weight excluding hydrogens is 282 g/mol. The highest BCUT2D eigenvalue weighted by atomic mass is 79.9. The van der Waals surface area contributed by atoms with Crippen LogP contribution in [0.2, 0.25) is 0 Å². The van der Waals surface area contributed by atoms with E-state index < -0.39 is 0 Å². The highest BCUT2D eigenvalue weighted by Crippen LogP contribution is 2.15. The van der Waals surface area contributed by atoms with Gasteiger partial charge in [0.1, 0.15) is 0 Å². The zero-order chi connectivity index (χ0) is 12.1. The largest absolute Gasteiger partial charge is 0.461 e. The average molecular weight is 292 g/mol. The SMILES string of the molecule is O=C(C=CNc1cccc(Br)c1)c1ccco1. The van der Waals surface area contributed by atoms with Crippen molar-refractivity contribution in [2.45, 2.75) is 0 Å². The third-order valence-corrected chi connectivity index (χ3v) is 2.57. The Hall–Kier alpha value is -1.81. The van der Waals surface area contributed by atoms with Crippen LogP contribution in [0, 0.1) is 0 Å². The van der Waals surface area contributed by atoms with Gasteiger partial charge in [-0.05, 0) is 30.3 Å². The second-order valence-electron chi connectivity index (χ2n) is 3.33. The van der Waals surface area contributed by atoms with Crippen LogP contribution in [-0.2, 0) is 0 Å². The van der Waals surface area contributed by atoms with E-state index in [4.69, 9.17) is 4.42 Å². The first-order chi connectivity index (χ1) is 8.25. The molecule has 0 aliphatic rings. The molecule has 1 aromatic carbocycles. The third kappa shape index (κ3) is 3.32. The smallest absolute Gasteiger partial charge is 0.222 e. The predicted molar refractivity (Wildman–Crippen MR) is 69.9 cm³/mol. The molecule has 0 aliphatic heterocycles. The van der Waals surface area contributed by atoms with Crippen molar-refractivity contribution < 1.29 is 9.21 Å². The minimum absolute atomic E-state index is 0.169. The van der Waals surface area contributed by atoms with E-state index in [1.54, 1.807) is 18.3 Å². The number of halogens is 1. The molecule has 0 amide bonds. The van der Waals surface area contributed by atoms with Crippen molar-refractivity contribution in [1.29, 1.82) is 0 Å². The van der Waals surface area contributed by atoms with E-state index in [9.17, 15) is 4.79 Å². The Labute approximate surface area is 107 Å². The van der Waals surface area contributed by atoms with Gasteiger partial charge in [0.05, 0.1) is 6.26 Å². The normalized spacial score (nSPS) is 10.6. The van der Waals surface area contributed by atoms with Gasteiger partial charge < -0.3 is 9.73 Å². The molecule has 0 unspecified atom stereocenters. The summed E-state index contributed by atoms with van der Waals surface area (Å²) < 4.78 is 5.96. The molecule has 4 heteroatoms. The summed E-state index contributed by atoms with van der Waals surface area (Å²) in [6, 6.07) is 11.0. The molecule has 17 heavy (non-hydrogen) atoms. The van der Waals surface area contributed by atoms with E-state index in [0.717, 1.165) is 10.2 Å². The van der Waals surface area contributed by atoms with Crippen LogP contribution in [0.4, 0.5) is 5.69 Å². The van der Waals surface area contributed by atoms with Crippen molar-refractivity contribution in [1.82, 2.24) is 0 Å². The summed E-state index contributed by atoms with van der Waals surface area (Å²) in [6.07, 6.45) is 4.50. The number of anilines is 1. The summed E-state index contributed by atoms with van der Waals surface area (Å²) in [7, 11) is 0. The lowest BCUT2D eigenvalue weighted by atomic mass is 10.3. The molecule has 1 heterocycles. The van der Waals surface area contributed by atoms with Crippen LogP contribution < -0.4 is 5.32 Å². The van der Waals surface area contributed by atoms with Crippen LogP contribution in [0.5, 0.6) is 0 Å².